The van der Waals surface area contributed by atoms with Gasteiger partial charge in [-0.3, -0.25) is 0 Å². The molecule has 0 aliphatic carbocycles. The first-order valence-corrected chi connectivity index (χ1v) is 2.95. The van der Waals surface area contributed by atoms with Gasteiger partial charge in [0.2, 0.25) is 0 Å². The minimum absolute atomic E-state index is 0.00292. The van der Waals surface area contributed by atoms with E-state index in [1.54, 1.807) is 13.1 Å². The van der Waals surface area contributed by atoms with Gasteiger partial charge in [0.25, 0.3) is 0 Å². The summed E-state index contributed by atoms with van der Waals surface area (Å²) in [7, 11) is 0. The highest BCUT2D eigenvalue weighted by Crippen LogP contribution is 2.05. The van der Waals surface area contributed by atoms with Crippen molar-refractivity contribution in [2.45, 2.75) is 25.8 Å². The Labute approximate surface area is 55.3 Å². The Hall–Kier alpha value is -0.750. The molecule has 1 atom stereocenters. The van der Waals surface area contributed by atoms with Crippen molar-refractivity contribution in [2.24, 2.45) is 0 Å². The van der Waals surface area contributed by atoms with Crippen molar-refractivity contribution in [3.8, 4) is 6.19 Å². The second-order valence-electron chi connectivity index (χ2n) is 2.31. The summed E-state index contributed by atoms with van der Waals surface area (Å²) in [6, 6.07) is 0. The Morgan fingerprint density at radius 2 is 2.33 bits per heavy atom. The molecule has 0 aromatic heterocycles. The average Bonchev–Trinajstić information content (AvgIpc) is 1.89. The standard InChI is InChI=1S/C6H12N2O/c1-3-6(2,4-9)8-5-7/h8-9H,3-4H2,1-2H3. The molecule has 0 saturated heterocycles. The fourth-order valence-corrected chi connectivity index (χ4v) is 0.375. The number of aliphatic hydroxyl groups excluding tert-OH is 1. The summed E-state index contributed by atoms with van der Waals surface area (Å²) < 4.78 is 0. The number of aliphatic hydroxyl groups is 1. The molecule has 3 heteroatoms. The molecular formula is C6H12N2O. The van der Waals surface area contributed by atoms with Crippen LogP contribution in [-0.2, 0) is 0 Å². The molecule has 0 aromatic carbocycles. The van der Waals surface area contributed by atoms with E-state index in [4.69, 9.17) is 10.4 Å². The van der Waals surface area contributed by atoms with Gasteiger partial charge in [-0.05, 0) is 13.3 Å². The molecule has 0 spiro atoms. The van der Waals surface area contributed by atoms with Crippen LogP contribution in [0.25, 0.3) is 0 Å². The molecule has 0 heterocycles. The number of nitriles is 1. The van der Waals surface area contributed by atoms with E-state index >= 15 is 0 Å². The van der Waals surface area contributed by atoms with E-state index in [2.05, 4.69) is 5.32 Å². The molecule has 1 unspecified atom stereocenters. The average molecular weight is 128 g/mol. The first-order chi connectivity index (χ1) is 4.18. The number of nitrogens with zero attached hydrogens (tertiary/aromatic N) is 1. The normalized spacial score (nSPS) is 15.8. The van der Waals surface area contributed by atoms with Crippen LogP contribution in [0.1, 0.15) is 20.3 Å². The molecule has 0 aliphatic heterocycles. The SMILES string of the molecule is CCC(C)(CO)NC#N. The van der Waals surface area contributed by atoms with Crippen LogP contribution in [0.5, 0.6) is 0 Å². The Kier molecular flexibility index (Phi) is 3.03. The van der Waals surface area contributed by atoms with Crippen LogP contribution in [0.3, 0.4) is 0 Å². The summed E-state index contributed by atoms with van der Waals surface area (Å²) >= 11 is 0. The highest BCUT2D eigenvalue weighted by atomic mass is 16.3. The van der Waals surface area contributed by atoms with Crippen molar-refractivity contribution in [1.29, 1.82) is 5.26 Å². The molecule has 0 fully saturated rings. The van der Waals surface area contributed by atoms with Gasteiger partial charge in [0.05, 0.1) is 12.1 Å². The van der Waals surface area contributed by atoms with Crippen LogP contribution >= 0.6 is 0 Å². The van der Waals surface area contributed by atoms with Crippen LogP contribution in [-0.4, -0.2) is 17.3 Å². The van der Waals surface area contributed by atoms with Crippen molar-refractivity contribution in [3.63, 3.8) is 0 Å². The van der Waals surface area contributed by atoms with E-state index in [9.17, 15) is 0 Å². The molecule has 0 aliphatic rings. The number of nitrogens with one attached hydrogen (secondary N) is 1. The van der Waals surface area contributed by atoms with E-state index in [-0.39, 0.29) is 6.61 Å². The molecule has 9 heavy (non-hydrogen) atoms. The molecule has 52 valence electrons. The van der Waals surface area contributed by atoms with Crippen LogP contribution in [0, 0.1) is 11.5 Å². The minimum atomic E-state index is -0.422. The fraction of sp³-hybridized carbons (Fsp3) is 0.833. The summed E-state index contributed by atoms with van der Waals surface area (Å²) in [5.41, 5.74) is -0.422. The van der Waals surface area contributed by atoms with Crippen LogP contribution < -0.4 is 5.32 Å². The Bertz CT molecular complexity index is 113. The van der Waals surface area contributed by atoms with E-state index in [1.165, 1.54) is 0 Å². The second-order valence-corrected chi connectivity index (χ2v) is 2.31. The molecule has 0 rings (SSSR count). The quantitative estimate of drug-likeness (QED) is 0.422. The Balaban J connectivity index is 3.80. The first kappa shape index (κ1) is 8.25. The lowest BCUT2D eigenvalue weighted by Crippen LogP contribution is -2.42. The maximum absolute atomic E-state index is 8.70. The summed E-state index contributed by atoms with van der Waals surface area (Å²) in [6.07, 6.45) is 2.55. The first-order valence-electron chi connectivity index (χ1n) is 2.95. The summed E-state index contributed by atoms with van der Waals surface area (Å²) in [4.78, 5) is 0. The van der Waals surface area contributed by atoms with Gasteiger partial charge in [-0.2, -0.15) is 5.26 Å². The summed E-state index contributed by atoms with van der Waals surface area (Å²) in [6.45, 7) is 3.72. The zero-order valence-corrected chi connectivity index (χ0v) is 5.81. The smallest absolute Gasteiger partial charge is 0.177 e. The van der Waals surface area contributed by atoms with Crippen molar-refractivity contribution < 1.29 is 5.11 Å². The van der Waals surface area contributed by atoms with E-state index in [0.29, 0.717) is 0 Å². The third-order valence-electron chi connectivity index (χ3n) is 1.49. The monoisotopic (exact) mass is 128 g/mol. The summed E-state index contributed by atoms with van der Waals surface area (Å²) in [5, 5.41) is 19.4. The van der Waals surface area contributed by atoms with Gasteiger partial charge >= 0.3 is 0 Å². The maximum Gasteiger partial charge on any atom is 0.177 e. The Morgan fingerprint density at radius 3 is 2.44 bits per heavy atom. The molecule has 0 saturated carbocycles. The van der Waals surface area contributed by atoms with Crippen LogP contribution in [0.15, 0.2) is 0 Å². The van der Waals surface area contributed by atoms with Gasteiger partial charge in [0.1, 0.15) is 0 Å². The van der Waals surface area contributed by atoms with Crippen molar-refractivity contribution in [2.75, 3.05) is 6.61 Å². The Morgan fingerprint density at radius 1 is 1.78 bits per heavy atom. The van der Waals surface area contributed by atoms with Crippen LogP contribution in [0.2, 0.25) is 0 Å². The van der Waals surface area contributed by atoms with E-state index in [0.717, 1.165) is 6.42 Å². The maximum atomic E-state index is 8.70. The van der Waals surface area contributed by atoms with E-state index in [1.807, 2.05) is 6.92 Å². The largest absolute Gasteiger partial charge is 0.394 e. The van der Waals surface area contributed by atoms with Crippen molar-refractivity contribution in [3.05, 3.63) is 0 Å². The van der Waals surface area contributed by atoms with E-state index < -0.39 is 5.54 Å². The van der Waals surface area contributed by atoms with Gasteiger partial charge in [-0.15, -0.1) is 0 Å². The third kappa shape index (κ3) is 2.34. The number of hydrogen-bond donors (Lipinski definition) is 2. The zero-order chi connectivity index (χ0) is 7.33. The summed E-state index contributed by atoms with van der Waals surface area (Å²) in [5.74, 6) is 0. The highest BCUT2D eigenvalue weighted by molar-refractivity contribution is 4.86. The molecule has 2 N–H and O–H groups in total. The highest BCUT2D eigenvalue weighted by Gasteiger charge is 2.18. The number of hydrogen-bond acceptors (Lipinski definition) is 3. The van der Waals surface area contributed by atoms with Gasteiger partial charge in [-0.25, -0.2) is 0 Å². The lowest BCUT2D eigenvalue weighted by Gasteiger charge is -2.22. The predicted octanol–water partition coefficient (Wildman–Crippen LogP) is 0.218. The predicted molar refractivity (Wildman–Crippen MR) is 34.5 cm³/mol. The fourth-order valence-electron chi connectivity index (χ4n) is 0.375. The molecule has 0 amide bonds. The molecule has 3 nitrogen and oxygen atoms in total. The third-order valence-corrected chi connectivity index (χ3v) is 1.49. The van der Waals surface area contributed by atoms with Crippen LogP contribution in [0.4, 0.5) is 0 Å². The lowest BCUT2D eigenvalue weighted by molar-refractivity contribution is 0.186. The van der Waals surface area contributed by atoms with Gasteiger partial charge in [-0.1, -0.05) is 6.92 Å². The number of rotatable bonds is 3. The molecule has 0 bridgehead atoms. The van der Waals surface area contributed by atoms with Crippen molar-refractivity contribution >= 4 is 0 Å². The molecule has 0 aromatic rings. The van der Waals surface area contributed by atoms with Crippen molar-refractivity contribution in [1.82, 2.24) is 5.32 Å². The van der Waals surface area contributed by atoms with Gasteiger partial charge in [0.15, 0.2) is 6.19 Å². The second kappa shape index (κ2) is 3.31. The molecular weight excluding hydrogens is 116 g/mol. The molecule has 0 radical (unpaired) electrons. The topological polar surface area (TPSA) is 56.0 Å². The lowest BCUT2D eigenvalue weighted by atomic mass is 10.0. The van der Waals surface area contributed by atoms with Gasteiger partial charge in [0, 0.05) is 0 Å². The zero-order valence-electron chi connectivity index (χ0n) is 5.81. The minimum Gasteiger partial charge on any atom is -0.394 e. The van der Waals surface area contributed by atoms with Gasteiger partial charge < -0.3 is 10.4 Å².